The SMILES string of the molecule is CC/C=C\CC/C=C(/C)CNC(=O)C1CC1. The summed E-state index contributed by atoms with van der Waals surface area (Å²) in [6, 6.07) is 0. The molecule has 1 aliphatic rings. The highest BCUT2D eigenvalue weighted by Crippen LogP contribution is 2.28. The molecule has 2 heteroatoms. The van der Waals surface area contributed by atoms with Crippen LogP contribution in [0.25, 0.3) is 0 Å². The molecular formula is C14H23NO. The third-order valence-corrected chi connectivity index (χ3v) is 2.72. The Morgan fingerprint density at radius 2 is 2.06 bits per heavy atom. The minimum atomic E-state index is 0.235. The lowest BCUT2D eigenvalue weighted by atomic mass is 10.2. The van der Waals surface area contributed by atoms with E-state index in [4.69, 9.17) is 0 Å². The fourth-order valence-corrected chi connectivity index (χ4v) is 1.50. The Hall–Kier alpha value is -1.05. The Labute approximate surface area is 98.8 Å². The van der Waals surface area contributed by atoms with Crippen LogP contribution in [-0.2, 0) is 4.79 Å². The van der Waals surface area contributed by atoms with Crippen molar-refractivity contribution in [1.82, 2.24) is 5.32 Å². The number of carbonyl (C=O) groups is 1. The molecule has 0 radical (unpaired) electrons. The highest BCUT2D eigenvalue weighted by Gasteiger charge is 2.28. The number of nitrogens with one attached hydrogen (secondary N) is 1. The van der Waals surface area contributed by atoms with Gasteiger partial charge in [0.1, 0.15) is 0 Å². The van der Waals surface area contributed by atoms with E-state index in [1.54, 1.807) is 0 Å². The summed E-state index contributed by atoms with van der Waals surface area (Å²) in [7, 11) is 0. The summed E-state index contributed by atoms with van der Waals surface area (Å²) >= 11 is 0. The first-order valence-corrected chi connectivity index (χ1v) is 6.32. The van der Waals surface area contributed by atoms with Gasteiger partial charge in [-0.25, -0.2) is 0 Å². The van der Waals surface area contributed by atoms with Crippen LogP contribution in [0.5, 0.6) is 0 Å². The molecule has 0 unspecified atom stereocenters. The summed E-state index contributed by atoms with van der Waals surface area (Å²) in [6.07, 6.45) is 12.1. The first-order chi connectivity index (χ1) is 7.74. The monoisotopic (exact) mass is 221 g/mol. The lowest BCUT2D eigenvalue weighted by Gasteiger charge is -2.04. The van der Waals surface area contributed by atoms with Crippen LogP contribution >= 0.6 is 0 Å². The molecule has 0 bridgehead atoms. The van der Waals surface area contributed by atoms with Crippen molar-refractivity contribution in [3.63, 3.8) is 0 Å². The Kier molecular flexibility index (Phi) is 5.91. The Morgan fingerprint density at radius 3 is 2.69 bits per heavy atom. The number of hydrogen-bond donors (Lipinski definition) is 1. The van der Waals surface area contributed by atoms with Crippen molar-refractivity contribution in [2.75, 3.05) is 6.54 Å². The molecule has 0 aliphatic heterocycles. The van der Waals surface area contributed by atoms with E-state index in [1.165, 1.54) is 5.57 Å². The summed E-state index contributed by atoms with van der Waals surface area (Å²) in [5.74, 6) is 0.555. The first-order valence-electron chi connectivity index (χ1n) is 6.32. The number of unbranched alkanes of at least 4 members (excludes halogenated alkanes) is 1. The van der Waals surface area contributed by atoms with Crippen LogP contribution in [0.15, 0.2) is 23.8 Å². The second-order valence-corrected chi connectivity index (χ2v) is 4.50. The maximum atomic E-state index is 11.4. The van der Waals surface area contributed by atoms with Crippen LogP contribution in [0.2, 0.25) is 0 Å². The predicted molar refractivity (Wildman–Crippen MR) is 68.2 cm³/mol. The fraction of sp³-hybridized carbons (Fsp3) is 0.643. The number of allylic oxidation sites excluding steroid dienone is 3. The van der Waals surface area contributed by atoms with Crippen molar-refractivity contribution in [3.05, 3.63) is 23.8 Å². The second-order valence-electron chi connectivity index (χ2n) is 4.50. The number of carbonyl (C=O) groups excluding carboxylic acids is 1. The molecule has 0 atom stereocenters. The van der Waals surface area contributed by atoms with Crippen LogP contribution in [0, 0.1) is 5.92 Å². The van der Waals surface area contributed by atoms with E-state index in [2.05, 4.69) is 37.4 Å². The van der Waals surface area contributed by atoms with E-state index in [-0.39, 0.29) is 5.91 Å². The van der Waals surface area contributed by atoms with Gasteiger partial charge < -0.3 is 5.32 Å². The fourth-order valence-electron chi connectivity index (χ4n) is 1.50. The predicted octanol–water partition coefficient (Wildman–Crippen LogP) is 3.21. The van der Waals surface area contributed by atoms with Gasteiger partial charge in [0.25, 0.3) is 0 Å². The molecule has 1 fully saturated rings. The van der Waals surface area contributed by atoms with Gasteiger partial charge in [0.2, 0.25) is 5.91 Å². The lowest BCUT2D eigenvalue weighted by Crippen LogP contribution is -2.26. The molecule has 0 aromatic heterocycles. The minimum Gasteiger partial charge on any atom is -0.352 e. The third kappa shape index (κ3) is 5.74. The number of rotatable bonds is 7. The summed E-state index contributed by atoms with van der Waals surface area (Å²) < 4.78 is 0. The van der Waals surface area contributed by atoms with Crippen molar-refractivity contribution in [3.8, 4) is 0 Å². The zero-order valence-corrected chi connectivity index (χ0v) is 10.5. The zero-order chi connectivity index (χ0) is 11.8. The van der Waals surface area contributed by atoms with Gasteiger partial charge in [-0.15, -0.1) is 0 Å². The van der Waals surface area contributed by atoms with E-state index in [1.807, 2.05) is 0 Å². The summed E-state index contributed by atoms with van der Waals surface area (Å²) in [5, 5.41) is 2.97. The van der Waals surface area contributed by atoms with Crippen molar-refractivity contribution < 1.29 is 4.79 Å². The summed E-state index contributed by atoms with van der Waals surface area (Å²) in [4.78, 5) is 11.4. The molecule has 0 spiro atoms. The maximum Gasteiger partial charge on any atom is 0.223 e. The van der Waals surface area contributed by atoms with Gasteiger partial charge in [0, 0.05) is 12.5 Å². The third-order valence-electron chi connectivity index (χ3n) is 2.72. The van der Waals surface area contributed by atoms with Gasteiger partial charge in [0.15, 0.2) is 0 Å². The normalized spacial score (nSPS) is 16.8. The molecule has 1 amide bonds. The maximum absolute atomic E-state index is 11.4. The van der Waals surface area contributed by atoms with Gasteiger partial charge in [-0.2, -0.15) is 0 Å². The number of hydrogen-bond acceptors (Lipinski definition) is 1. The van der Waals surface area contributed by atoms with Crippen molar-refractivity contribution in [1.29, 1.82) is 0 Å². The van der Waals surface area contributed by atoms with Crippen molar-refractivity contribution >= 4 is 5.91 Å². The van der Waals surface area contributed by atoms with Gasteiger partial charge in [-0.3, -0.25) is 4.79 Å². The number of amides is 1. The smallest absolute Gasteiger partial charge is 0.223 e. The van der Waals surface area contributed by atoms with Crippen LogP contribution < -0.4 is 5.32 Å². The second kappa shape index (κ2) is 7.26. The van der Waals surface area contributed by atoms with Crippen molar-refractivity contribution in [2.24, 2.45) is 5.92 Å². The average molecular weight is 221 g/mol. The molecule has 0 aromatic rings. The average Bonchev–Trinajstić information content (AvgIpc) is 3.09. The molecule has 1 aliphatic carbocycles. The molecule has 1 N–H and O–H groups in total. The van der Waals surface area contributed by atoms with Crippen LogP contribution in [0.1, 0.15) is 46.0 Å². The molecule has 2 nitrogen and oxygen atoms in total. The van der Waals surface area contributed by atoms with Gasteiger partial charge in [-0.1, -0.05) is 30.7 Å². The lowest BCUT2D eigenvalue weighted by molar-refractivity contribution is -0.122. The van der Waals surface area contributed by atoms with Crippen LogP contribution in [0.3, 0.4) is 0 Å². The first kappa shape index (κ1) is 13.0. The van der Waals surface area contributed by atoms with E-state index >= 15 is 0 Å². The quantitative estimate of drug-likeness (QED) is 0.519. The van der Waals surface area contributed by atoms with E-state index < -0.39 is 0 Å². The molecule has 0 saturated heterocycles. The van der Waals surface area contributed by atoms with Gasteiger partial charge >= 0.3 is 0 Å². The Balaban J connectivity index is 2.08. The van der Waals surface area contributed by atoms with Crippen LogP contribution in [-0.4, -0.2) is 12.5 Å². The van der Waals surface area contributed by atoms with Gasteiger partial charge in [-0.05, 0) is 39.0 Å². The molecule has 1 rings (SSSR count). The molecule has 1 saturated carbocycles. The zero-order valence-electron chi connectivity index (χ0n) is 10.5. The highest BCUT2D eigenvalue weighted by atomic mass is 16.2. The summed E-state index contributed by atoms with van der Waals surface area (Å²) in [5.41, 5.74) is 1.26. The molecule has 16 heavy (non-hydrogen) atoms. The molecular weight excluding hydrogens is 198 g/mol. The molecule has 90 valence electrons. The molecule has 0 heterocycles. The Bertz CT molecular complexity index is 274. The summed E-state index contributed by atoms with van der Waals surface area (Å²) in [6.45, 7) is 4.94. The Morgan fingerprint density at radius 1 is 1.31 bits per heavy atom. The van der Waals surface area contributed by atoms with E-state index in [0.717, 1.165) is 32.1 Å². The van der Waals surface area contributed by atoms with Crippen molar-refractivity contribution in [2.45, 2.75) is 46.0 Å². The van der Waals surface area contributed by atoms with E-state index in [9.17, 15) is 4.79 Å². The minimum absolute atomic E-state index is 0.235. The topological polar surface area (TPSA) is 29.1 Å². The largest absolute Gasteiger partial charge is 0.352 e. The molecule has 0 aromatic carbocycles. The van der Waals surface area contributed by atoms with Gasteiger partial charge in [0.05, 0.1) is 0 Å². The highest BCUT2D eigenvalue weighted by molar-refractivity contribution is 5.80. The van der Waals surface area contributed by atoms with Crippen LogP contribution in [0.4, 0.5) is 0 Å². The standard InChI is InChI=1S/C14H23NO/c1-3-4-5-6-7-8-12(2)11-15-14(16)13-9-10-13/h4-5,8,13H,3,6-7,9-11H2,1-2H3,(H,15,16)/b5-4-,12-8-. The van der Waals surface area contributed by atoms with E-state index in [0.29, 0.717) is 12.5 Å².